The molecule has 28 heavy (non-hydrogen) atoms. The molecule has 2 aromatic rings. The number of urea groups is 1. The number of imide groups is 1. The van der Waals surface area contributed by atoms with Gasteiger partial charge in [0.1, 0.15) is 6.04 Å². The third-order valence-electron chi connectivity index (χ3n) is 5.08. The topological polar surface area (TPSA) is 91.4 Å². The van der Waals surface area contributed by atoms with E-state index < -0.39 is 6.04 Å². The van der Waals surface area contributed by atoms with Gasteiger partial charge in [0.25, 0.3) is 5.91 Å². The second kappa shape index (κ2) is 8.10. The number of carbonyl (C=O) groups excluding carboxylic acids is 3. The fourth-order valence-corrected chi connectivity index (χ4v) is 4.64. The number of aryl methyl sites for hydroxylation is 2. The molecule has 0 spiro atoms. The zero-order valence-corrected chi connectivity index (χ0v) is 16.3. The Labute approximate surface area is 167 Å². The van der Waals surface area contributed by atoms with E-state index in [1.807, 2.05) is 30.3 Å². The summed E-state index contributed by atoms with van der Waals surface area (Å²) in [4.78, 5) is 43.7. The molecule has 1 atom stereocenters. The van der Waals surface area contributed by atoms with Gasteiger partial charge in [0.15, 0.2) is 5.13 Å². The zero-order valence-electron chi connectivity index (χ0n) is 15.4. The molecular weight excluding hydrogens is 376 g/mol. The molecule has 1 saturated heterocycles. The number of fused-ring (bicyclic) bond motifs is 1. The van der Waals surface area contributed by atoms with Crippen LogP contribution in [0.15, 0.2) is 30.3 Å². The molecule has 0 unspecified atom stereocenters. The van der Waals surface area contributed by atoms with Crippen LogP contribution in [0.1, 0.15) is 35.4 Å². The van der Waals surface area contributed by atoms with Crippen molar-refractivity contribution < 1.29 is 14.4 Å². The maximum atomic E-state index is 12.5. The van der Waals surface area contributed by atoms with Crippen molar-refractivity contribution in [2.75, 3.05) is 11.9 Å². The number of aromatic nitrogens is 1. The summed E-state index contributed by atoms with van der Waals surface area (Å²) in [6.07, 6.45) is 4.19. The summed E-state index contributed by atoms with van der Waals surface area (Å²) in [5, 5.41) is 6.12. The van der Waals surface area contributed by atoms with Crippen LogP contribution in [-0.4, -0.2) is 40.3 Å². The van der Waals surface area contributed by atoms with Crippen LogP contribution in [0.25, 0.3) is 0 Å². The molecular formula is C20H22N4O3S. The second-order valence-corrected chi connectivity index (χ2v) is 8.14. The highest BCUT2D eigenvalue weighted by Crippen LogP contribution is 2.30. The van der Waals surface area contributed by atoms with Gasteiger partial charge in [-0.2, -0.15) is 0 Å². The zero-order chi connectivity index (χ0) is 19.5. The third kappa shape index (κ3) is 4.06. The Kier molecular flexibility index (Phi) is 5.38. The van der Waals surface area contributed by atoms with Crippen molar-refractivity contribution in [1.29, 1.82) is 0 Å². The molecule has 8 heteroatoms. The number of carbonyl (C=O) groups is 3. The lowest BCUT2D eigenvalue weighted by atomic mass is 10.1. The standard InChI is InChI=1S/C20H22N4O3S/c25-17(23-19-21-14-7-4-8-16(14)28-19)10-9-15-18(26)24(20(27)22-15)12-11-13-5-2-1-3-6-13/h1-3,5-6,15H,4,7-12H2,(H,22,27)(H,21,23,25)/t15-/m0/s1. The molecule has 0 saturated carbocycles. The van der Waals surface area contributed by atoms with Gasteiger partial charge in [-0.25, -0.2) is 9.78 Å². The summed E-state index contributed by atoms with van der Waals surface area (Å²) in [7, 11) is 0. The minimum atomic E-state index is -0.643. The smallest absolute Gasteiger partial charge is 0.324 e. The lowest BCUT2D eigenvalue weighted by Crippen LogP contribution is -2.33. The van der Waals surface area contributed by atoms with E-state index in [-0.39, 0.29) is 30.7 Å². The van der Waals surface area contributed by atoms with E-state index in [9.17, 15) is 14.4 Å². The van der Waals surface area contributed by atoms with E-state index in [4.69, 9.17) is 0 Å². The number of hydrogen-bond acceptors (Lipinski definition) is 5. The van der Waals surface area contributed by atoms with Gasteiger partial charge in [0, 0.05) is 17.8 Å². The van der Waals surface area contributed by atoms with Crippen molar-refractivity contribution in [3.63, 3.8) is 0 Å². The van der Waals surface area contributed by atoms with Gasteiger partial charge in [-0.05, 0) is 37.7 Å². The Morgan fingerprint density at radius 1 is 1.25 bits per heavy atom. The van der Waals surface area contributed by atoms with Crippen LogP contribution in [0.4, 0.5) is 9.93 Å². The average Bonchev–Trinajstić information content (AvgIpc) is 3.34. The Bertz CT molecular complexity index is 875. The van der Waals surface area contributed by atoms with Gasteiger partial charge in [0.2, 0.25) is 5.91 Å². The van der Waals surface area contributed by atoms with Gasteiger partial charge in [-0.15, -0.1) is 11.3 Å². The Hall–Kier alpha value is -2.74. The Balaban J connectivity index is 1.25. The van der Waals surface area contributed by atoms with Gasteiger partial charge < -0.3 is 10.6 Å². The van der Waals surface area contributed by atoms with Gasteiger partial charge >= 0.3 is 6.03 Å². The van der Waals surface area contributed by atoms with Crippen LogP contribution in [0.2, 0.25) is 0 Å². The molecule has 7 nitrogen and oxygen atoms in total. The average molecular weight is 398 g/mol. The number of hydrogen-bond donors (Lipinski definition) is 2. The highest BCUT2D eigenvalue weighted by Gasteiger charge is 2.37. The van der Waals surface area contributed by atoms with E-state index in [0.717, 1.165) is 30.5 Å². The summed E-state index contributed by atoms with van der Waals surface area (Å²) in [5.41, 5.74) is 2.16. The maximum absolute atomic E-state index is 12.5. The van der Waals surface area contributed by atoms with Crippen LogP contribution < -0.4 is 10.6 Å². The predicted octanol–water partition coefficient (Wildman–Crippen LogP) is 2.51. The predicted molar refractivity (Wildman–Crippen MR) is 106 cm³/mol. The Morgan fingerprint density at radius 3 is 2.86 bits per heavy atom. The molecule has 0 bridgehead atoms. The molecule has 4 rings (SSSR count). The molecule has 2 N–H and O–H groups in total. The van der Waals surface area contributed by atoms with Crippen LogP contribution in [0, 0.1) is 0 Å². The van der Waals surface area contributed by atoms with Crippen LogP contribution in [0.5, 0.6) is 0 Å². The lowest BCUT2D eigenvalue weighted by Gasteiger charge is -2.13. The summed E-state index contributed by atoms with van der Waals surface area (Å²) < 4.78 is 0. The molecule has 1 aliphatic carbocycles. The highest BCUT2D eigenvalue weighted by molar-refractivity contribution is 7.15. The van der Waals surface area contributed by atoms with Gasteiger partial charge in [-0.3, -0.25) is 14.5 Å². The molecule has 1 aromatic carbocycles. The molecule has 1 fully saturated rings. The molecule has 4 amide bonds. The normalized spacial score (nSPS) is 18.3. The molecule has 1 aromatic heterocycles. The van der Waals surface area contributed by atoms with Gasteiger partial charge in [0.05, 0.1) is 5.69 Å². The number of rotatable bonds is 7. The van der Waals surface area contributed by atoms with Crippen molar-refractivity contribution in [1.82, 2.24) is 15.2 Å². The number of anilines is 1. The van der Waals surface area contributed by atoms with Crippen molar-refractivity contribution in [3.05, 3.63) is 46.5 Å². The van der Waals surface area contributed by atoms with Crippen LogP contribution in [-0.2, 0) is 28.9 Å². The molecule has 0 radical (unpaired) electrons. The fourth-order valence-electron chi connectivity index (χ4n) is 3.57. The SMILES string of the molecule is O=C(CC[C@@H]1NC(=O)N(CCc2ccccc2)C1=O)Nc1nc2c(s1)CCC2. The van der Waals surface area contributed by atoms with Crippen molar-refractivity contribution in [3.8, 4) is 0 Å². The summed E-state index contributed by atoms with van der Waals surface area (Å²) in [6, 6.07) is 8.69. The molecule has 1 aliphatic heterocycles. The molecule has 2 aliphatic rings. The molecule has 2 heterocycles. The van der Waals surface area contributed by atoms with E-state index in [1.165, 1.54) is 21.1 Å². The van der Waals surface area contributed by atoms with E-state index in [1.54, 1.807) is 0 Å². The number of thiazole rings is 1. The maximum Gasteiger partial charge on any atom is 0.324 e. The molecule has 146 valence electrons. The quantitative estimate of drug-likeness (QED) is 0.701. The fraction of sp³-hybridized carbons (Fsp3) is 0.400. The summed E-state index contributed by atoms with van der Waals surface area (Å²) in [6.45, 7) is 0.335. The van der Waals surface area contributed by atoms with Crippen LogP contribution in [0.3, 0.4) is 0 Å². The monoisotopic (exact) mass is 398 g/mol. The highest BCUT2D eigenvalue weighted by atomic mass is 32.1. The summed E-state index contributed by atoms with van der Waals surface area (Å²) in [5.74, 6) is -0.445. The van der Waals surface area contributed by atoms with E-state index in [2.05, 4.69) is 15.6 Å². The number of nitrogens with zero attached hydrogens (tertiary/aromatic N) is 2. The summed E-state index contributed by atoms with van der Waals surface area (Å²) >= 11 is 1.53. The first-order valence-corrected chi connectivity index (χ1v) is 10.4. The largest absolute Gasteiger partial charge is 0.326 e. The van der Waals surface area contributed by atoms with Crippen molar-refractivity contribution in [2.45, 2.75) is 44.6 Å². The van der Waals surface area contributed by atoms with Crippen LogP contribution >= 0.6 is 11.3 Å². The Morgan fingerprint density at radius 2 is 2.07 bits per heavy atom. The number of nitrogens with one attached hydrogen (secondary N) is 2. The van der Waals surface area contributed by atoms with Crippen molar-refractivity contribution in [2.24, 2.45) is 0 Å². The van der Waals surface area contributed by atoms with Crippen molar-refractivity contribution >= 4 is 34.3 Å². The van der Waals surface area contributed by atoms with E-state index >= 15 is 0 Å². The second-order valence-electron chi connectivity index (χ2n) is 7.06. The van der Waals surface area contributed by atoms with E-state index in [0.29, 0.717) is 18.1 Å². The minimum absolute atomic E-state index is 0.160. The number of benzene rings is 1. The first-order valence-electron chi connectivity index (χ1n) is 9.54. The minimum Gasteiger partial charge on any atom is -0.326 e. The first kappa shape index (κ1) is 18.6. The number of amides is 4. The van der Waals surface area contributed by atoms with Gasteiger partial charge in [-0.1, -0.05) is 30.3 Å². The third-order valence-corrected chi connectivity index (χ3v) is 6.15. The lowest BCUT2D eigenvalue weighted by molar-refractivity contribution is -0.127. The first-order chi connectivity index (χ1) is 13.6.